The Hall–Kier alpha value is -1.31. The summed E-state index contributed by atoms with van der Waals surface area (Å²) in [6.07, 6.45) is 0. The van der Waals surface area contributed by atoms with Gasteiger partial charge in [-0.2, -0.15) is 0 Å². The molecule has 0 aliphatic rings. The summed E-state index contributed by atoms with van der Waals surface area (Å²) in [6, 6.07) is 12.2. The smallest absolute Gasteiger partial charge is 0.255 e. The quantitative estimate of drug-likeness (QED) is 0.636. The molecule has 0 fully saturated rings. The molecule has 126 valence electrons. The second kappa shape index (κ2) is 8.69. The second-order valence-corrected chi connectivity index (χ2v) is 6.92. The van der Waals surface area contributed by atoms with Crippen LogP contribution in [0.5, 0.6) is 0 Å². The van der Waals surface area contributed by atoms with Crippen molar-refractivity contribution in [2.75, 3.05) is 18.4 Å². The van der Waals surface area contributed by atoms with Crippen molar-refractivity contribution in [2.24, 2.45) is 0 Å². The van der Waals surface area contributed by atoms with Crippen molar-refractivity contribution in [1.29, 1.82) is 0 Å². The van der Waals surface area contributed by atoms with Crippen molar-refractivity contribution in [3.8, 4) is 0 Å². The number of nitrogens with one attached hydrogen (secondary N) is 1. The van der Waals surface area contributed by atoms with Gasteiger partial charge < -0.3 is 10.2 Å². The third kappa shape index (κ3) is 4.62. The third-order valence-electron chi connectivity index (χ3n) is 3.33. The van der Waals surface area contributed by atoms with Crippen LogP contribution in [-0.2, 0) is 4.79 Å². The Kier molecular flexibility index (Phi) is 6.89. The lowest BCUT2D eigenvalue weighted by molar-refractivity contribution is -0.116. The normalized spacial score (nSPS) is 10.3. The molecule has 0 aliphatic carbocycles. The van der Waals surface area contributed by atoms with Gasteiger partial charge in [-0.15, -0.1) is 0 Å². The van der Waals surface area contributed by atoms with Gasteiger partial charge in [0, 0.05) is 10.1 Å². The molecule has 2 aromatic rings. The fraction of sp³-hybridized carbons (Fsp3) is 0.176. The first-order chi connectivity index (χ1) is 11.4. The van der Waals surface area contributed by atoms with Crippen molar-refractivity contribution in [3.05, 3.63) is 61.6 Å². The van der Waals surface area contributed by atoms with Gasteiger partial charge in [-0.1, -0.05) is 41.4 Å². The average molecular weight is 477 g/mol. The molecule has 24 heavy (non-hydrogen) atoms. The number of hydrogen-bond donors (Lipinski definition) is 1. The van der Waals surface area contributed by atoms with Gasteiger partial charge in [0.25, 0.3) is 5.91 Å². The van der Waals surface area contributed by atoms with Gasteiger partial charge in [0.05, 0.1) is 21.3 Å². The number of carbonyl (C=O) groups is 2. The van der Waals surface area contributed by atoms with E-state index in [2.05, 4.69) is 27.9 Å². The third-order valence-corrected chi connectivity index (χ3v) is 4.91. The minimum atomic E-state index is -0.355. The van der Waals surface area contributed by atoms with Crippen LogP contribution in [0.2, 0.25) is 10.0 Å². The predicted octanol–water partition coefficient (Wildman–Crippen LogP) is 4.70. The predicted molar refractivity (Wildman–Crippen MR) is 106 cm³/mol. The maximum Gasteiger partial charge on any atom is 0.255 e. The number of anilines is 1. The Bertz CT molecular complexity index is 748. The summed E-state index contributed by atoms with van der Waals surface area (Å²) in [5.74, 6) is -0.547. The van der Waals surface area contributed by atoms with Gasteiger partial charge >= 0.3 is 0 Å². The molecule has 0 radical (unpaired) electrons. The Morgan fingerprint density at radius 1 is 1.08 bits per heavy atom. The first kappa shape index (κ1) is 19.0. The number of hydrogen-bond acceptors (Lipinski definition) is 2. The Labute approximate surface area is 164 Å². The summed E-state index contributed by atoms with van der Waals surface area (Å²) in [6.45, 7) is 2.15. The van der Waals surface area contributed by atoms with Gasteiger partial charge in [0.15, 0.2) is 0 Å². The van der Waals surface area contributed by atoms with E-state index in [9.17, 15) is 9.59 Å². The Morgan fingerprint density at radius 3 is 2.29 bits per heavy atom. The van der Waals surface area contributed by atoms with Gasteiger partial charge in [0.2, 0.25) is 5.91 Å². The minimum Gasteiger partial charge on any atom is -0.330 e. The molecule has 2 amide bonds. The van der Waals surface area contributed by atoms with Crippen LogP contribution < -0.4 is 5.32 Å². The van der Waals surface area contributed by atoms with E-state index in [0.717, 1.165) is 3.57 Å². The van der Waals surface area contributed by atoms with Crippen molar-refractivity contribution >= 4 is 63.3 Å². The highest BCUT2D eigenvalue weighted by Gasteiger charge is 2.20. The molecule has 0 spiro atoms. The molecule has 2 rings (SSSR count). The minimum absolute atomic E-state index is 0.0815. The van der Waals surface area contributed by atoms with Crippen molar-refractivity contribution in [3.63, 3.8) is 0 Å². The van der Waals surface area contributed by atoms with Crippen LogP contribution in [0.1, 0.15) is 17.3 Å². The SMILES string of the molecule is CCN(CC(=O)Nc1c(Cl)cccc1Cl)C(=O)c1ccccc1I. The fourth-order valence-corrected chi connectivity index (χ4v) is 3.21. The molecule has 0 aromatic heterocycles. The number of amides is 2. The zero-order valence-corrected chi connectivity index (χ0v) is 16.5. The van der Waals surface area contributed by atoms with Crippen LogP contribution in [0.4, 0.5) is 5.69 Å². The van der Waals surface area contributed by atoms with E-state index in [0.29, 0.717) is 27.8 Å². The maximum absolute atomic E-state index is 12.6. The number of nitrogens with zero attached hydrogens (tertiary/aromatic N) is 1. The molecular formula is C17H15Cl2IN2O2. The van der Waals surface area contributed by atoms with E-state index >= 15 is 0 Å². The van der Waals surface area contributed by atoms with Crippen molar-refractivity contribution < 1.29 is 9.59 Å². The van der Waals surface area contributed by atoms with Crippen LogP contribution in [0.25, 0.3) is 0 Å². The van der Waals surface area contributed by atoms with E-state index < -0.39 is 0 Å². The number of likely N-dealkylation sites (N-methyl/N-ethyl adjacent to an activating group) is 1. The summed E-state index contributed by atoms with van der Waals surface area (Å²) in [4.78, 5) is 26.4. The second-order valence-electron chi connectivity index (χ2n) is 4.94. The molecule has 0 aliphatic heterocycles. The van der Waals surface area contributed by atoms with Gasteiger partial charge in [-0.05, 0) is 53.8 Å². The van der Waals surface area contributed by atoms with Crippen molar-refractivity contribution in [1.82, 2.24) is 4.90 Å². The van der Waals surface area contributed by atoms with E-state index in [1.54, 1.807) is 30.3 Å². The fourth-order valence-electron chi connectivity index (χ4n) is 2.10. The molecule has 0 saturated heterocycles. The first-order valence-electron chi connectivity index (χ1n) is 7.21. The highest BCUT2D eigenvalue weighted by atomic mass is 127. The summed E-state index contributed by atoms with van der Waals surface area (Å²) in [5, 5.41) is 3.37. The molecule has 0 heterocycles. The summed E-state index contributed by atoms with van der Waals surface area (Å²) in [7, 11) is 0. The summed E-state index contributed by atoms with van der Waals surface area (Å²) < 4.78 is 0.841. The first-order valence-corrected chi connectivity index (χ1v) is 9.05. The standard InChI is InChI=1S/C17H15Cl2IN2O2/c1-2-22(17(24)11-6-3-4-9-14(11)20)10-15(23)21-16-12(18)7-5-8-13(16)19/h3-9H,2,10H2,1H3,(H,21,23). The number of halogens is 3. The number of para-hydroxylation sites is 1. The number of carbonyl (C=O) groups excluding carboxylic acids is 2. The largest absolute Gasteiger partial charge is 0.330 e. The van der Waals surface area contributed by atoms with Gasteiger partial charge in [-0.25, -0.2) is 0 Å². The molecule has 2 aromatic carbocycles. The van der Waals surface area contributed by atoms with Crippen LogP contribution in [0, 0.1) is 3.57 Å². The van der Waals surface area contributed by atoms with Crippen molar-refractivity contribution in [2.45, 2.75) is 6.92 Å². The lowest BCUT2D eigenvalue weighted by atomic mass is 10.2. The Morgan fingerprint density at radius 2 is 1.71 bits per heavy atom. The lowest BCUT2D eigenvalue weighted by Crippen LogP contribution is -2.38. The maximum atomic E-state index is 12.6. The molecule has 0 atom stereocenters. The van der Waals surface area contributed by atoms with E-state index in [-0.39, 0.29) is 18.4 Å². The summed E-state index contributed by atoms with van der Waals surface area (Å²) in [5.41, 5.74) is 0.923. The van der Waals surface area contributed by atoms with Crippen LogP contribution >= 0.6 is 45.8 Å². The molecule has 0 bridgehead atoms. The highest BCUT2D eigenvalue weighted by Crippen LogP contribution is 2.29. The Balaban J connectivity index is 2.11. The topological polar surface area (TPSA) is 49.4 Å². The van der Waals surface area contributed by atoms with E-state index in [1.165, 1.54) is 4.90 Å². The highest BCUT2D eigenvalue weighted by molar-refractivity contribution is 14.1. The molecule has 4 nitrogen and oxygen atoms in total. The van der Waals surface area contributed by atoms with E-state index in [4.69, 9.17) is 23.2 Å². The number of benzene rings is 2. The van der Waals surface area contributed by atoms with E-state index in [1.807, 2.05) is 19.1 Å². The molecule has 1 N–H and O–H groups in total. The average Bonchev–Trinajstić information content (AvgIpc) is 2.56. The van der Waals surface area contributed by atoms with Crippen LogP contribution in [0.15, 0.2) is 42.5 Å². The lowest BCUT2D eigenvalue weighted by Gasteiger charge is -2.21. The van der Waals surface area contributed by atoms with Crippen LogP contribution in [-0.4, -0.2) is 29.8 Å². The van der Waals surface area contributed by atoms with Gasteiger partial charge in [-0.3, -0.25) is 9.59 Å². The van der Waals surface area contributed by atoms with Crippen LogP contribution in [0.3, 0.4) is 0 Å². The zero-order chi connectivity index (χ0) is 17.7. The molecule has 0 unspecified atom stereocenters. The molecular weight excluding hydrogens is 462 g/mol. The number of rotatable bonds is 5. The zero-order valence-electron chi connectivity index (χ0n) is 12.9. The molecule has 0 saturated carbocycles. The monoisotopic (exact) mass is 476 g/mol. The van der Waals surface area contributed by atoms with Gasteiger partial charge in [0.1, 0.15) is 6.54 Å². The molecule has 7 heteroatoms. The summed E-state index contributed by atoms with van der Waals surface area (Å²) >= 11 is 14.2.